The minimum absolute atomic E-state index is 0.120. The molecule has 0 saturated carbocycles. The van der Waals surface area contributed by atoms with E-state index in [0.29, 0.717) is 21.7 Å². The van der Waals surface area contributed by atoms with Crippen molar-refractivity contribution in [3.8, 4) is 0 Å². The summed E-state index contributed by atoms with van der Waals surface area (Å²) in [6.45, 7) is 1.57. The summed E-state index contributed by atoms with van der Waals surface area (Å²) in [5.41, 5.74) is 0.177. The molecule has 9 heteroatoms. The molecular formula is C11H10ClN5O2S. The molecule has 7 nitrogen and oxygen atoms in total. The Bertz CT molecular complexity index is 650. The maximum Gasteiger partial charge on any atom is 0.322 e. The van der Waals surface area contributed by atoms with Crippen LogP contribution in [0.25, 0.3) is 0 Å². The molecular weight excluding hydrogens is 302 g/mol. The number of aryl methyl sites for hydroxylation is 1. The van der Waals surface area contributed by atoms with E-state index in [0.717, 1.165) is 11.8 Å². The van der Waals surface area contributed by atoms with E-state index in [2.05, 4.69) is 20.3 Å². The second-order valence-corrected chi connectivity index (χ2v) is 5.16. The number of halogens is 1. The van der Waals surface area contributed by atoms with E-state index >= 15 is 0 Å². The van der Waals surface area contributed by atoms with Crippen molar-refractivity contribution in [2.24, 2.45) is 0 Å². The normalized spacial score (nSPS) is 10.3. The van der Waals surface area contributed by atoms with Gasteiger partial charge in [0.2, 0.25) is 5.95 Å². The number of hydrogen-bond acceptors (Lipinski definition) is 7. The Morgan fingerprint density at radius 3 is 2.70 bits per heavy atom. The lowest BCUT2D eigenvalue weighted by atomic mass is 10.4. The Kier molecular flexibility index (Phi) is 4.35. The van der Waals surface area contributed by atoms with Crippen LogP contribution in [0.3, 0.4) is 0 Å². The molecule has 2 rings (SSSR count). The van der Waals surface area contributed by atoms with Crippen LogP contribution in [-0.4, -0.2) is 26.9 Å². The predicted octanol–water partition coefficient (Wildman–Crippen LogP) is 2.93. The van der Waals surface area contributed by atoms with Crippen molar-refractivity contribution in [2.45, 2.75) is 17.0 Å². The van der Waals surface area contributed by atoms with Crippen molar-refractivity contribution in [2.75, 3.05) is 12.4 Å². The fraction of sp³-hybridized carbons (Fsp3) is 0.182. The van der Waals surface area contributed by atoms with E-state index in [9.17, 15) is 10.1 Å². The summed E-state index contributed by atoms with van der Waals surface area (Å²) >= 11 is 6.85. The predicted molar refractivity (Wildman–Crippen MR) is 76.3 cm³/mol. The zero-order chi connectivity index (χ0) is 14.7. The minimum Gasteiger partial charge on any atom is -0.357 e. The van der Waals surface area contributed by atoms with Crippen molar-refractivity contribution >= 4 is 35.0 Å². The van der Waals surface area contributed by atoms with Gasteiger partial charge in [0.1, 0.15) is 10.7 Å². The van der Waals surface area contributed by atoms with Gasteiger partial charge in [0, 0.05) is 13.2 Å². The molecule has 0 fully saturated rings. The van der Waals surface area contributed by atoms with Crippen LogP contribution >= 0.6 is 23.4 Å². The third kappa shape index (κ3) is 3.14. The topological polar surface area (TPSA) is 93.8 Å². The molecule has 0 aromatic carbocycles. The number of nitrogens with zero attached hydrogens (tertiary/aromatic N) is 4. The summed E-state index contributed by atoms with van der Waals surface area (Å²) in [5.74, 6) is 0.324. The first-order valence-electron chi connectivity index (χ1n) is 5.51. The quantitative estimate of drug-likeness (QED) is 0.527. The van der Waals surface area contributed by atoms with Gasteiger partial charge in [-0.15, -0.1) is 0 Å². The largest absolute Gasteiger partial charge is 0.357 e. The van der Waals surface area contributed by atoms with Crippen molar-refractivity contribution in [3.63, 3.8) is 0 Å². The molecule has 1 N–H and O–H groups in total. The highest BCUT2D eigenvalue weighted by atomic mass is 35.5. The highest BCUT2D eigenvalue weighted by molar-refractivity contribution is 7.99. The van der Waals surface area contributed by atoms with Crippen LogP contribution in [0, 0.1) is 17.0 Å². The molecule has 0 saturated heterocycles. The molecule has 0 radical (unpaired) electrons. The lowest BCUT2D eigenvalue weighted by Crippen LogP contribution is -2.04. The fourth-order valence-corrected chi connectivity index (χ4v) is 2.46. The first-order chi connectivity index (χ1) is 9.51. The van der Waals surface area contributed by atoms with Gasteiger partial charge in [0.05, 0.1) is 9.95 Å². The number of hydrogen-bond donors (Lipinski definition) is 1. The third-order valence-electron chi connectivity index (χ3n) is 2.33. The first kappa shape index (κ1) is 14.5. The number of rotatable bonds is 4. The summed E-state index contributed by atoms with van der Waals surface area (Å²) in [5, 5.41) is 15.2. The highest BCUT2D eigenvalue weighted by Crippen LogP contribution is 2.34. The lowest BCUT2D eigenvalue weighted by Gasteiger charge is -2.06. The molecule has 0 spiro atoms. The molecule has 0 unspecified atom stereocenters. The summed E-state index contributed by atoms with van der Waals surface area (Å²) < 4.78 is 0. The SMILES string of the molecule is CNc1nc(C)c([N+](=O)[O-])c(Sc2ccc(Cl)cn2)n1. The average molecular weight is 312 g/mol. The van der Waals surface area contributed by atoms with Gasteiger partial charge in [0.25, 0.3) is 0 Å². The van der Waals surface area contributed by atoms with Crippen LogP contribution in [0.4, 0.5) is 11.6 Å². The van der Waals surface area contributed by atoms with Crippen LogP contribution in [0.15, 0.2) is 28.4 Å². The van der Waals surface area contributed by atoms with Crippen LogP contribution < -0.4 is 5.32 Å². The summed E-state index contributed by atoms with van der Waals surface area (Å²) in [4.78, 5) is 22.9. The highest BCUT2D eigenvalue weighted by Gasteiger charge is 2.23. The molecule has 0 aliphatic carbocycles. The van der Waals surface area contributed by atoms with Crippen molar-refractivity contribution < 1.29 is 4.92 Å². The van der Waals surface area contributed by atoms with Gasteiger partial charge in [-0.05, 0) is 30.8 Å². The van der Waals surface area contributed by atoms with Crippen molar-refractivity contribution in [1.29, 1.82) is 0 Å². The molecule has 104 valence electrons. The second-order valence-electron chi connectivity index (χ2n) is 3.71. The maximum atomic E-state index is 11.1. The van der Waals surface area contributed by atoms with E-state index in [1.807, 2.05) is 0 Å². The van der Waals surface area contributed by atoms with E-state index in [1.54, 1.807) is 26.1 Å². The average Bonchev–Trinajstić information content (AvgIpc) is 2.40. The standard InChI is InChI=1S/C11H10ClN5O2S/c1-6-9(17(18)19)10(16-11(13-2)15-6)20-8-4-3-7(12)5-14-8/h3-5H,1-2H3,(H,13,15,16). The Labute approximate surface area is 124 Å². The van der Waals surface area contributed by atoms with Crippen LogP contribution in [0.2, 0.25) is 5.02 Å². The smallest absolute Gasteiger partial charge is 0.322 e. The molecule has 0 aliphatic rings. The summed E-state index contributed by atoms with van der Waals surface area (Å²) in [7, 11) is 1.65. The molecule has 0 amide bonds. The van der Waals surface area contributed by atoms with Crippen molar-refractivity contribution in [1.82, 2.24) is 15.0 Å². The number of pyridine rings is 1. The zero-order valence-electron chi connectivity index (χ0n) is 10.6. The minimum atomic E-state index is -0.493. The Morgan fingerprint density at radius 2 is 2.15 bits per heavy atom. The maximum absolute atomic E-state index is 11.1. The van der Waals surface area contributed by atoms with Gasteiger partial charge in [-0.3, -0.25) is 10.1 Å². The van der Waals surface area contributed by atoms with E-state index in [1.165, 1.54) is 6.20 Å². The van der Waals surface area contributed by atoms with E-state index in [-0.39, 0.29) is 10.7 Å². The second kappa shape index (κ2) is 6.02. The van der Waals surface area contributed by atoms with Crippen molar-refractivity contribution in [3.05, 3.63) is 39.2 Å². The number of nitro groups is 1. The Morgan fingerprint density at radius 1 is 1.40 bits per heavy atom. The molecule has 0 atom stereocenters. The third-order valence-corrected chi connectivity index (χ3v) is 3.49. The molecule has 20 heavy (non-hydrogen) atoms. The van der Waals surface area contributed by atoms with Crippen LogP contribution in [-0.2, 0) is 0 Å². The molecule has 2 aromatic heterocycles. The van der Waals surface area contributed by atoms with Gasteiger partial charge in [-0.25, -0.2) is 9.97 Å². The summed E-state index contributed by atoms with van der Waals surface area (Å²) in [6, 6.07) is 3.34. The van der Waals surface area contributed by atoms with Gasteiger partial charge >= 0.3 is 5.69 Å². The van der Waals surface area contributed by atoms with Gasteiger partial charge in [-0.1, -0.05) is 11.6 Å². The van der Waals surface area contributed by atoms with E-state index < -0.39 is 4.92 Å². The Balaban J connectivity index is 2.45. The van der Waals surface area contributed by atoms with Gasteiger partial charge < -0.3 is 5.32 Å². The Hall–Kier alpha value is -1.93. The van der Waals surface area contributed by atoms with Gasteiger partial charge in [0.15, 0.2) is 5.03 Å². The summed E-state index contributed by atoms with van der Waals surface area (Å²) in [6.07, 6.45) is 1.47. The van der Waals surface area contributed by atoms with E-state index in [4.69, 9.17) is 11.6 Å². The zero-order valence-corrected chi connectivity index (χ0v) is 12.2. The lowest BCUT2D eigenvalue weighted by molar-refractivity contribution is -0.389. The molecule has 2 heterocycles. The number of aromatic nitrogens is 3. The first-order valence-corrected chi connectivity index (χ1v) is 6.71. The van der Waals surface area contributed by atoms with Crippen LogP contribution in [0.5, 0.6) is 0 Å². The molecule has 0 bridgehead atoms. The molecule has 0 aliphatic heterocycles. The number of anilines is 1. The van der Waals surface area contributed by atoms with Crippen LogP contribution in [0.1, 0.15) is 5.69 Å². The molecule has 2 aromatic rings. The van der Waals surface area contributed by atoms with Gasteiger partial charge in [-0.2, -0.15) is 4.98 Å². The fourth-order valence-electron chi connectivity index (χ4n) is 1.46. The number of nitrogens with one attached hydrogen (secondary N) is 1. The monoisotopic (exact) mass is 311 g/mol.